The maximum absolute atomic E-state index is 10.6. The summed E-state index contributed by atoms with van der Waals surface area (Å²) in [6.45, 7) is 6.99. The minimum absolute atomic E-state index is 0.243. The van der Waals surface area contributed by atoms with Gasteiger partial charge >= 0.3 is 0 Å². The second-order valence-electron chi connectivity index (χ2n) is 1.61. The van der Waals surface area contributed by atoms with Crippen LogP contribution in [0.15, 0.2) is 25.3 Å². The maximum atomic E-state index is 10.6. The highest BCUT2D eigenvalue weighted by atomic mass is 16.5. The average molecular weight is 127 g/mol. The summed E-state index contributed by atoms with van der Waals surface area (Å²) >= 11 is 0. The first-order chi connectivity index (χ1) is 4.22. The minimum atomic E-state index is -0.608. The molecule has 0 rings (SSSR count). The highest BCUT2D eigenvalue weighted by Crippen LogP contribution is 1.89. The van der Waals surface area contributed by atoms with Crippen molar-refractivity contribution >= 4 is 0 Å². The number of nitrogens with zero attached hydrogens (tertiary/aromatic N) is 1. The van der Waals surface area contributed by atoms with E-state index in [1.54, 1.807) is 0 Å². The Balaban J connectivity index is 3.56. The van der Waals surface area contributed by atoms with Crippen molar-refractivity contribution in [1.82, 2.24) is 5.06 Å². The van der Waals surface area contributed by atoms with Crippen LogP contribution in [0.5, 0.6) is 0 Å². The molecule has 0 radical (unpaired) electrons. The highest BCUT2D eigenvalue weighted by molar-refractivity contribution is 4.86. The molecule has 1 unspecified atom stereocenters. The molecule has 0 aromatic heterocycles. The van der Waals surface area contributed by atoms with Crippen molar-refractivity contribution in [1.29, 1.82) is 0 Å². The van der Waals surface area contributed by atoms with Gasteiger partial charge in [0.1, 0.15) is 0 Å². The first-order valence-corrected chi connectivity index (χ1v) is 2.65. The molecule has 52 valence electrons. The van der Waals surface area contributed by atoms with Gasteiger partial charge in [-0.15, -0.1) is 13.2 Å². The predicted molar refractivity (Wildman–Crippen MR) is 38.4 cm³/mol. The fraction of sp³-hybridized carbons (Fsp3) is 0.333. The summed E-state index contributed by atoms with van der Waals surface area (Å²) in [5.41, 5.74) is 5.25. The molecular weight excluding hydrogens is 116 g/mol. The number of rotatable bonds is 4. The predicted octanol–water partition coefficient (Wildman–Crippen LogP) is 0.443. The van der Waals surface area contributed by atoms with Crippen LogP contribution in [-0.2, 0) is 0 Å². The molecule has 0 saturated carbocycles. The molecule has 0 spiro atoms. The lowest BCUT2D eigenvalue weighted by molar-refractivity contribution is 0.361. The Hall–Kier alpha value is -0.640. The van der Waals surface area contributed by atoms with Crippen molar-refractivity contribution in [2.45, 2.75) is 6.17 Å². The summed E-state index contributed by atoms with van der Waals surface area (Å²) in [6, 6.07) is 0. The standard InChI is InChI=1S/C6H11N2O/c1-3-5-8(9)6(7)4-2/h3-4,6H,1-2,5,7H2/q-1. The summed E-state index contributed by atoms with van der Waals surface area (Å²) < 4.78 is 0. The zero-order chi connectivity index (χ0) is 7.28. The topological polar surface area (TPSA) is 52.3 Å². The SMILES string of the molecule is C=CCN([O-])C(N)C=C. The number of hydrogen-bond donors (Lipinski definition) is 1. The van der Waals surface area contributed by atoms with Gasteiger partial charge in [0.25, 0.3) is 0 Å². The Kier molecular flexibility index (Phi) is 3.96. The van der Waals surface area contributed by atoms with E-state index in [1.165, 1.54) is 12.2 Å². The minimum Gasteiger partial charge on any atom is -0.784 e. The van der Waals surface area contributed by atoms with Crippen LogP contribution < -0.4 is 5.73 Å². The van der Waals surface area contributed by atoms with Gasteiger partial charge in [0.05, 0.1) is 6.17 Å². The third kappa shape index (κ3) is 3.03. The van der Waals surface area contributed by atoms with Gasteiger partial charge < -0.3 is 16.0 Å². The van der Waals surface area contributed by atoms with E-state index in [2.05, 4.69) is 13.2 Å². The molecule has 0 fully saturated rings. The molecule has 0 aromatic rings. The van der Waals surface area contributed by atoms with E-state index in [4.69, 9.17) is 5.73 Å². The molecule has 0 heterocycles. The molecular formula is C6H11N2O-. The van der Waals surface area contributed by atoms with Crippen molar-refractivity contribution in [3.05, 3.63) is 30.5 Å². The van der Waals surface area contributed by atoms with Gasteiger partial charge in [-0.3, -0.25) is 0 Å². The molecule has 9 heavy (non-hydrogen) atoms. The summed E-state index contributed by atoms with van der Waals surface area (Å²) in [5, 5.41) is 11.3. The highest BCUT2D eigenvalue weighted by Gasteiger charge is 1.93. The second kappa shape index (κ2) is 4.26. The lowest BCUT2D eigenvalue weighted by Crippen LogP contribution is -2.35. The van der Waals surface area contributed by atoms with Crippen molar-refractivity contribution in [3.63, 3.8) is 0 Å². The van der Waals surface area contributed by atoms with Crippen LogP contribution in [0, 0.1) is 5.21 Å². The van der Waals surface area contributed by atoms with Crippen LogP contribution >= 0.6 is 0 Å². The van der Waals surface area contributed by atoms with E-state index in [0.717, 1.165) is 0 Å². The summed E-state index contributed by atoms with van der Waals surface area (Å²) in [4.78, 5) is 0. The van der Waals surface area contributed by atoms with E-state index < -0.39 is 6.17 Å². The third-order valence-electron chi connectivity index (χ3n) is 0.883. The zero-order valence-electron chi connectivity index (χ0n) is 5.29. The lowest BCUT2D eigenvalue weighted by Gasteiger charge is -2.30. The van der Waals surface area contributed by atoms with Crippen molar-refractivity contribution in [2.75, 3.05) is 6.54 Å². The molecule has 3 heteroatoms. The lowest BCUT2D eigenvalue weighted by atomic mass is 10.4. The van der Waals surface area contributed by atoms with Crippen LogP contribution in [0.25, 0.3) is 0 Å². The monoisotopic (exact) mass is 127 g/mol. The van der Waals surface area contributed by atoms with Crippen LogP contribution in [0.2, 0.25) is 0 Å². The van der Waals surface area contributed by atoms with E-state index in [1.807, 2.05) is 0 Å². The van der Waals surface area contributed by atoms with Gasteiger partial charge in [-0.05, 0) is 0 Å². The van der Waals surface area contributed by atoms with Gasteiger partial charge in [0.2, 0.25) is 0 Å². The van der Waals surface area contributed by atoms with Gasteiger partial charge in [-0.2, -0.15) is 0 Å². The molecule has 0 aliphatic carbocycles. The maximum Gasteiger partial charge on any atom is 0.0648 e. The van der Waals surface area contributed by atoms with Gasteiger partial charge in [-0.1, -0.05) is 12.2 Å². The van der Waals surface area contributed by atoms with E-state index in [0.29, 0.717) is 5.06 Å². The molecule has 0 bridgehead atoms. The van der Waals surface area contributed by atoms with Gasteiger partial charge in [-0.25, -0.2) is 0 Å². The normalized spacial score (nSPS) is 13.2. The third-order valence-corrected chi connectivity index (χ3v) is 0.883. The number of nitrogens with two attached hydrogens (primary N) is 1. The van der Waals surface area contributed by atoms with Crippen molar-refractivity contribution in [3.8, 4) is 0 Å². The quantitative estimate of drug-likeness (QED) is 0.339. The largest absolute Gasteiger partial charge is 0.784 e. The number of hydroxylamine groups is 2. The Morgan fingerprint density at radius 3 is 2.56 bits per heavy atom. The van der Waals surface area contributed by atoms with Gasteiger partial charge in [0, 0.05) is 6.54 Å². The first kappa shape index (κ1) is 8.36. The molecule has 0 aromatic carbocycles. The Bertz CT molecular complexity index is 103. The fourth-order valence-electron chi connectivity index (χ4n) is 0.367. The molecule has 0 aliphatic rings. The summed E-state index contributed by atoms with van der Waals surface area (Å²) in [7, 11) is 0. The van der Waals surface area contributed by atoms with E-state index >= 15 is 0 Å². The van der Waals surface area contributed by atoms with E-state index in [-0.39, 0.29) is 6.54 Å². The van der Waals surface area contributed by atoms with Crippen molar-refractivity contribution < 1.29 is 0 Å². The molecule has 0 amide bonds. The molecule has 0 aliphatic heterocycles. The Labute approximate surface area is 55.0 Å². The van der Waals surface area contributed by atoms with Gasteiger partial charge in [0.15, 0.2) is 0 Å². The molecule has 2 N–H and O–H groups in total. The Morgan fingerprint density at radius 1 is 1.67 bits per heavy atom. The summed E-state index contributed by atoms with van der Waals surface area (Å²) in [6.07, 6.45) is 2.27. The first-order valence-electron chi connectivity index (χ1n) is 2.65. The molecule has 0 saturated heterocycles. The van der Waals surface area contributed by atoms with Crippen LogP contribution in [0.3, 0.4) is 0 Å². The van der Waals surface area contributed by atoms with Crippen molar-refractivity contribution in [2.24, 2.45) is 5.73 Å². The van der Waals surface area contributed by atoms with Crippen LogP contribution in [0.4, 0.5) is 0 Å². The average Bonchev–Trinajstić information content (AvgIpc) is 1.87. The number of hydrogen-bond acceptors (Lipinski definition) is 3. The second-order valence-corrected chi connectivity index (χ2v) is 1.61. The van der Waals surface area contributed by atoms with E-state index in [9.17, 15) is 5.21 Å². The molecule has 1 atom stereocenters. The van der Waals surface area contributed by atoms with Crippen LogP contribution in [-0.4, -0.2) is 17.8 Å². The summed E-state index contributed by atoms with van der Waals surface area (Å²) in [5.74, 6) is 0. The fourth-order valence-corrected chi connectivity index (χ4v) is 0.367. The Morgan fingerprint density at radius 2 is 2.22 bits per heavy atom. The zero-order valence-corrected chi connectivity index (χ0v) is 5.29. The molecule has 3 nitrogen and oxygen atoms in total. The smallest absolute Gasteiger partial charge is 0.0648 e. The van der Waals surface area contributed by atoms with Crippen LogP contribution in [0.1, 0.15) is 0 Å².